The number of rotatable bonds is 6. The fourth-order valence-corrected chi connectivity index (χ4v) is 2.96. The maximum Gasteiger partial charge on any atom is 0.307 e. The van der Waals surface area contributed by atoms with Crippen molar-refractivity contribution >= 4 is 23.3 Å². The van der Waals surface area contributed by atoms with Crippen LogP contribution in [0.15, 0.2) is 35.0 Å². The number of carboxylic acid groups (broad SMARTS) is 2. The average Bonchev–Trinajstić information content (AvgIpc) is 2.83. The molecule has 0 unspecified atom stereocenters. The van der Waals surface area contributed by atoms with Crippen LogP contribution in [0, 0.1) is 0 Å². The molecule has 0 aliphatic carbocycles. The van der Waals surface area contributed by atoms with Crippen molar-refractivity contribution in [1.82, 2.24) is 0 Å². The number of aliphatic carboxylic acids is 2. The molecule has 0 spiro atoms. The summed E-state index contributed by atoms with van der Waals surface area (Å²) < 4.78 is 0. The van der Waals surface area contributed by atoms with Crippen LogP contribution in [0.25, 0.3) is 11.1 Å². The molecule has 0 saturated carbocycles. The predicted molar refractivity (Wildman–Crippen MR) is 77.1 cm³/mol. The highest BCUT2D eigenvalue weighted by molar-refractivity contribution is 7.08. The molecule has 2 aromatic rings. The molecule has 0 aliphatic heterocycles. The Morgan fingerprint density at radius 3 is 2.40 bits per heavy atom. The first-order chi connectivity index (χ1) is 9.58. The van der Waals surface area contributed by atoms with Crippen LogP contribution in [-0.4, -0.2) is 22.2 Å². The molecular formula is C15H14O4S. The summed E-state index contributed by atoms with van der Waals surface area (Å²) in [5, 5.41) is 21.5. The van der Waals surface area contributed by atoms with E-state index in [4.69, 9.17) is 10.2 Å². The minimum Gasteiger partial charge on any atom is -0.481 e. The summed E-state index contributed by atoms with van der Waals surface area (Å²) in [7, 11) is 0. The van der Waals surface area contributed by atoms with Crippen LogP contribution in [-0.2, 0) is 22.4 Å². The minimum atomic E-state index is -0.868. The highest BCUT2D eigenvalue weighted by Crippen LogP contribution is 2.31. The van der Waals surface area contributed by atoms with Gasteiger partial charge >= 0.3 is 11.9 Å². The number of carbonyl (C=O) groups is 2. The zero-order valence-corrected chi connectivity index (χ0v) is 11.5. The Labute approximate surface area is 120 Å². The number of carboxylic acids is 2. The summed E-state index contributed by atoms with van der Waals surface area (Å²) in [5.41, 5.74) is 3.51. The van der Waals surface area contributed by atoms with E-state index in [0.29, 0.717) is 6.42 Å². The highest BCUT2D eigenvalue weighted by Gasteiger charge is 2.13. The highest BCUT2D eigenvalue weighted by atomic mass is 32.1. The third-order valence-corrected chi connectivity index (χ3v) is 3.79. The molecule has 0 saturated heterocycles. The van der Waals surface area contributed by atoms with E-state index in [0.717, 1.165) is 22.3 Å². The van der Waals surface area contributed by atoms with E-state index in [9.17, 15) is 9.59 Å². The van der Waals surface area contributed by atoms with Gasteiger partial charge < -0.3 is 10.2 Å². The molecule has 1 heterocycles. The van der Waals surface area contributed by atoms with Crippen molar-refractivity contribution in [2.75, 3.05) is 0 Å². The SMILES string of the molecule is O=C(O)CCc1ccccc1-c1cscc1CC(=O)O. The second kappa shape index (κ2) is 6.34. The van der Waals surface area contributed by atoms with Crippen LogP contribution >= 0.6 is 11.3 Å². The van der Waals surface area contributed by atoms with Crippen molar-refractivity contribution in [2.24, 2.45) is 0 Å². The summed E-state index contributed by atoms with van der Waals surface area (Å²) in [6, 6.07) is 7.54. The number of hydrogen-bond donors (Lipinski definition) is 2. The Balaban J connectivity index is 2.35. The zero-order chi connectivity index (χ0) is 14.5. The van der Waals surface area contributed by atoms with E-state index in [1.165, 1.54) is 11.3 Å². The third kappa shape index (κ3) is 3.45. The van der Waals surface area contributed by atoms with Crippen molar-refractivity contribution in [3.63, 3.8) is 0 Å². The van der Waals surface area contributed by atoms with E-state index in [-0.39, 0.29) is 12.8 Å². The quantitative estimate of drug-likeness (QED) is 0.857. The Bertz CT molecular complexity index is 630. The molecule has 0 atom stereocenters. The molecule has 0 bridgehead atoms. The van der Waals surface area contributed by atoms with Crippen molar-refractivity contribution in [3.8, 4) is 11.1 Å². The topological polar surface area (TPSA) is 74.6 Å². The standard InChI is InChI=1S/C15H14O4S/c16-14(17)6-5-10-3-1-2-4-12(10)13-9-20-8-11(13)7-15(18)19/h1-4,8-9H,5-7H2,(H,16,17)(H,18,19). The fourth-order valence-electron chi connectivity index (χ4n) is 2.10. The van der Waals surface area contributed by atoms with Gasteiger partial charge in [0.05, 0.1) is 6.42 Å². The molecule has 0 radical (unpaired) electrons. The van der Waals surface area contributed by atoms with Crippen LogP contribution in [0.1, 0.15) is 17.5 Å². The Hall–Kier alpha value is -2.14. The lowest BCUT2D eigenvalue weighted by Crippen LogP contribution is -2.02. The molecule has 1 aromatic heterocycles. The van der Waals surface area contributed by atoms with Gasteiger partial charge in [-0.2, -0.15) is 11.3 Å². The molecule has 0 amide bonds. The molecule has 5 heteroatoms. The Kier molecular flexibility index (Phi) is 4.53. The minimum absolute atomic E-state index is 0.0217. The van der Waals surface area contributed by atoms with E-state index >= 15 is 0 Å². The maximum atomic E-state index is 10.9. The normalized spacial score (nSPS) is 10.4. The van der Waals surface area contributed by atoms with Gasteiger partial charge in [-0.15, -0.1) is 0 Å². The van der Waals surface area contributed by atoms with Gasteiger partial charge in [0.1, 0.15) is 0 Å². The number of aryl methyl sites for hydroxylation is 1. The molecular weight excluding hydrogens is 276 g/mol. The smallest absolute Gasteiger partial charge is 0.307 e. The second-order valence-corrected chi connectivity index (χ2v) is 5.18. The maximum absolute atomic E-state index is 10.9. The third-order valence-electron chi connectivity index (χ3n) is 3.00. The van der Waals surface area contributed by atoms with Crippen LogP contribution in [0.2, 0.25) is 0 Å². The Morgan fingerprint density at radius 1 is 0.950 bits per heavy atom. The van der Waals surface area contributed by atoms with Gasteiger partial charge in [0, 0.05) is 6.42 Å². The predicted octanol–water partition coefficient (Wildman–Crippen LogP) is 3.06. The fraction of sp³-hybridized carbons (Fsp3) is 0.200. The van der Waals surface area contributed by atoms with Crippen molar-refractivity contribution in [3.05, 3.63) is 46.2 Å². The summed E-state index contributed by atoms with van der Waals surface area (Å²) in [4.78, 5) is 21.6. The van der Waals surface area contributed by atoms with Gasteiger partial charge in [-0.3, -0.25) is 9.59 Å². The first kappa shape index (κ1) is 14.3. The van der Waals surface area contributed by atoms with Gasteiger partial charge in [0.15, 0.2) is 0 Å². The van der Waals surface area contributed by atoms with Crippen LogP contribution in [0.5, 0.6) is 0 Å². The second-order valence-electron chi connectivity index (χ2n) is 4.43. The molecule has 1 aromatic carbocycles. The zero-order valence-electron chi connectivity index (χ0n) is 10.7. The molecule has 2 N–H and O–H groups in total. The van der Waals surface area contributed by atoms with Gasteiger partial charge in [-0.25, -0.2) is 0 Å². The van der Waals surface area contributed by atoms with E-state index in [2.05, 4.69) is 0 Å². The van der Waals surface area contributed by atoms with Crippen LogP contribution < -0.4 is 0 Å². The summed E-state index contributed by atoms with van der Waals surface area (Å²) >= 11 is 1.46. The Morgan fingerprint density at radius 2 is 1.70 bits per heavy atom. The molecule has 4 nitrogen and oxygen atoms in total. The van der Waals surface area contributed by atoms with Crippen molar-refractivity contribution in [1.29, 1.82) is 0 Å². The van der Waals surface area contributed by atoms with Crippen molar-refractivity contribution in [2.45, 2.75) is 19.3 Å². The monoisotopic (exact) mass is 290 g/mol. The summed E-state index contributed by atoms with van der Waals surface area (Å²) in [5.74, 6) is -1.71. The molecule has 104 valence electrons. The molecule has 0 fully saturated rings. The first-order valence-corrected chi connectivity index (χ1v) is 7.09. The van der Waals surface area contributed by atoms with E-state index in [1.54, 1.807) is 0 Å². The average molecular weight is 290 g/mol. The van der Waals surface area contributed by atoms with Crippen molar-refractivity contribution < 1.29 is 19.8 Å². The number of hydrogen-bond acceptors (Lipinski definition) is 3. The molecule has 20 heavy (non-hydrogen) atoms. The largest absolute Gasteiger partial charge is 0.481 e. The lowest BCUT2D eigenvalue weighted by molar-refractivity contribution is -0.137. The number of thiophene rings is 1. The number of benzene rings is 1. The lowest BCUT2D eigenvalue weighted by atomic mass is 9.95. The van der Waals surface area contributed by atoms with Gasteiger partial charge in [0.25, 0.3) is 0 Å². The summed E-state index contributed by atoms with van der Waals surface area (Å²) in [6.07, 6.45) is 0.482. The van der Waals surface area contributed by atoms with Crippen LogP contribution in [0.3, 0.4) is 0 Å². The first-order valence-electron chi connectivity index (χ1n) is 6.15. The molecule has 2 rings (SSSR count). The van der Waals surface area contributed by atoms with E-state index < -0.39 is 11.9 Å². The van der Waals surface area contributed by atoms with E-state index in [1.807, 2.05) is 35.0 Å². The van der Waals surface area contributed by atoms with Crippen LogP contribution in [0.4, 0.5) is 0 Å². The summed E-state index contributed by atoms with van der Waals surface area (Å²) in [6.45, 7) is 0. The molecule has 0 aliphatic rings. The van der Waals surface area contributed by atoms with Gasteiger partial charge in [-0.05, 0) is 39.4 Å². The lowest BCUT2D eigenvalue weighted by Gasteiger charge is -2.09. The van der Waals surface area contributed by atoms with Gasteiger partial charge in [-0.1, -0.05) is 24.3 Å². The van der Waals surface area contributed by atoms with Gasteiger partial charge in [0.2, 0.25) is 0 Å².